The van der Waals surface area contributed by atoms with E-state index in [1.165, 1.54) is 22.3 Å². The van der Waals surface area contributed by atoms with Crippen molar-refractivity contribution >= 4 is 9.04 Å². The van der Waals surface area contributed by atoms with E-state index in [1.54, 1.807) is 0 Å². The summed E-state index contributed by atoms with van der Waals surface area (Å²) >= 11 is 0.810. The van der Waals surface area contributed by atoms with Gasteiger partial charge in [-0.2, -0.15) is 0 Å². The van der Waals surface area contributed by atoms with Crippen molar-refractivity contribution in [1.29, 1.82) is 0 Å². The molecule has 0 fully saturated rings. The predicted molar refractivity (Wildman–Crippen MR) is 67.1 cm³/mol. The molecular weight excluding hydrogens is 401 g/mol. The maximum atomic E-state index is 10.0. The van der Waals surface area contributed by atoms with Crippen molar-refractivity contribution in [1.82, 2.24) is 0 Å². The van der Waals surface area contributed by atoms with Crippen molar-refractivity contribution in [2.45, 2.75) is 45.4 Å². The molecule has 1 N–H and O–H groups in total. The van der Waals surface area contributed by atoms with Crippen LogP contribution < -0.4 is 3.07 Å². The van der Waals surface area contributed by atoms with Gasteiger partial charge >= 0.3 is 65.5 Å². The van der Waals surface area contributed by atoms with E-state index in [4.69, 9.17) is 5.11 Å². The molecule has 0 bridgehead atoms. The fraction of sp³-hybridized carbons (Fsp3) is 0.500. The summed E-state index contributed by atoms with van der Waals surface area (Å²) in [6.45, 7) is 2.15. The molecule has 3 heteroatoms. The molecule has 17 heavy (non-hydrogen) atoms. The van der Waals surface area contributed by atoms with Crippen molar-refractivity contribution in [2.24, 2.45) is 0 Å². The molecule has 0 aliphatic carbocycles. The molecule has 0 saturated carbocycles. The second-order valence-corrected chi connectivity index (χ2v) is 7.22. The van der Waals surface area contributed by atoms with Gasteiger partial charge in [-0.25, -0.2) is 0 Å². The van der Waals surface area contributed by atoms with Crippen LogP contribution in [-0.4, -0.2) is 11.1 Å². The maximum absolute atomic E-state index is 10.0. The molecule has 0 saturated heterocycles. The predicted octanol–water partition coefficient (Wildman–Crippen LogP) is 3.29. The van der Waals surface area contributed by atoms with Crippen LogP contribution in [0.2, 0.25) is 0 Å². The molecule has 0 aliphatic heterocycles. The van der Waals surface area contributed by atoms with Crippen molar-refractivity contribution in [3.8, 4) is 0 Å². The summed E-state index contributed by atoms with van der Waals surface area (Å²) in [6, 6.07) is 10.6. The Kier molecular flexibility index (Phi) is 11.8. The summed E-state index contributed by atoms with van der Waals surface area (Å²) in [7, 11) is 0. The molecule has 0 spiro atoms. The Morgan fingerprint density at radius 2 is 1.71 bits per heavy atom. The quantitative estimate of drug-likeness (QED) is 0.565. The monoisotopic (exact) mass is 423 g/mol. The van der Waals surface area contributed by atoms with Crippen LogP contribution in [0.1, 0.15) is 45.4 Å². The van der Waals surface area contributed by atoms with E-state index in [1.807, 2.05) is 0 Å². The summed E-state index contributed by atoms with van der Waals surface area (Å²) in [6.07, 6.45) is 5.88. The summed E-state index contributed by atoms with van der Waals surface area (Å²) < 4.78 is 1.52. The van der Waals surface area contributed by atoms with Crippen LogP contribution in [0.15, 0.2) is 30.3 Å². The van der Waals surface area contributed by atoms with E-state index in [2.05, 4.69) is 37.3 Å². The average molecular weight is 422 g/mol. The molecule has 0 heterocycles. The van der Waals surface area contributed by atoms with Crippen molar-refractivity contribution < 1.29 is 36.0 Å². The molecule has 91 valence electrons. The van der Waals surface area contributed by atoms with Crippen molar-refractivity contribution in [3.63, 3.8) is 0 Å². The van der Waals surface area contributed by atoms with Gasteiger partial charge in [-0.15, -0.1) is 0 Å². The zero-order valence-corrected chi connectivity index (χ0v) is 16.2. The van der Waals surface area contributed by atoms with E-state index in [0.29, 0.717) is 6.42 Å². The minimum atomic E-state index is -0.670. The minimum absolute atomic E-state index is 0.337. The van der Waals surface area contributed by atoms with Gasteiger partial charge in [0.15, 0.2) is 0 Å². The number of unbranched alkanes of at least 4 members (excludes halogenated alkanes) is 4. The molecule has 1 rings (SSSR count). The molecule has 0 radical (unpaired) electrons. The van der Waals surface area contributed by atoms with E-state index < -0.39 is 5.97 Å². The normalized spacial score (nSPS) is 9.35. The first-order chi connectivity index (χ1) is 8.16. The average Bonchev–Trinajstić information content (AvgIpc) is 2.30. The second-order valence-electron chi connectivity index (χ2n) is 4.04. The number of hydrogen-bond acceptors (Lipinski definition) is 1. The van der Waals surface area contributed by atoms with Gasteiger partial charge in [-0.05, 0) is 6.42 Å². The summed E-state index contributed by atoms with van der Waals surface area (Å²) in [4.78, 5) is 10.0. The summed E-state index contributed by atoms with van der Waals surface area (Å²) in [5.41, 5.74) is 0. The third-order valence-electron chi connectivity index (χ3n) is 2.34. The van der Waals surface area contributed by atoms with E-state index >= 15 is 0 Å². The van der Waals surface area contributed by atoms with Gasteiger partial charge in [0.2, 0.25) is 0 Å². The van der Waals surface area contributed by atoms with Gasteiger partial charge in [-0.1, -0.05) is 32.6 Å². The fourth-order valence-corrected chi connectivity index (χ4v) is 2.42. The third kappa shape index (κ3) is 13.6. The van der Waals surface area contributed by atoms with Gasteiger partial charge in [0.25, 0.3) is 0 Å². The van der Waals surface area contributed by atoms with Crippen LogP contribution in [0.4, 0.5) is 0 Å². The molecule has 0 atom stereocenters. The van der Waals surface area contributed by atoms with Crippen molar-refractivity contribution in [2.75, 3.05) is 0 Å². The molecule has 0 unspecified atom stereocenters. The Bertz CT molecular complexity index is 286. The van der Waals surface area contributed by atoms with Gasteiger partial charge in [-0.3, -0.25) is 4.79 Å². The zero-order valence-electron chi connectivity index (χ0n) is 10.7. The number of aliphatic carboxylic acids is 1. The van der Waals surface area contributed by atoms with Crippen LogP contribution in [0.5, 0.6) is 0 Å². The SMILES string of the molecule is CCCCCCCC(=O)O.[Hg][c]1ccccc1. The van der Waals surface area contributed by atoms with Crippen LogP contribution in [0.3, 0.4) is 0 Å². The van der Waals surface area contributed by atoms with E-state index in [9.17, 15) is 4.79 Å². The van der Waals surface area contributed by atoms with Crippen LogP contribution in [0, 0.1) is 0 Å². The Hall–Kier alpha value is -0.375. The Morgan fingerprint density at radius 3 is 2.12 bits per heavy atom. The first kappa shape index (κ1) is 16.6. The number of rotatable bonds is 6. The molecule has 0 aliphatic rings. The fourth-order valence-electron chi connectivity index (χ4n) is 1.36. The van der Waals surface area contributed by atoms with E-state index in [-0.39, 0.29) is 0 Å². The molecule has 0 amide bonds. The van der Waals surface area contributed by atoms with Crippen LogP contribution in [0.25, 0.3) is 0 Å². The number of benzene rings is 1. The standard InChI is InChI=1S/C8H16O2.C6H5.Hg/c1-2-3-4-5-6-7-8(9)10;1-2-4-6-5-3-1;/h2-7H2,1H3,(H,9,10);1-5H;. The summed E-state index contributed by atoms with van der Waals surface area (Å²) in [5.74, 6) is -0.670. The molecule has 1 aromatic carbocycles. The van der Waals surface area contributed by atoms with Crippen LogP contribution in [-0.2, 0) is 30.9 Å². The van der Waals surface area contributed by atoms with Gasteiger partial charge in [0, 0.05) is 6.42 Å². The molecule has 2 nitrogen and oxygen atoms in total. The van der Waals surface area contributed by atoms with Gasteiger partial charge in [0.05, 0.1) is 0 Å². The molecule has 0 aromatic heterocycles. The number of carboxylic acid groups (broad SMARTS) is 1. The summed E-state index contributed by atoms with van der Waals surface area (Å²) in [5, 5.41) is 8.27. The van der Waals surface area contributed by atoms with Gasteiger partial charge < -0.3 is 5.11 Å². The molecular formula is C14H21HgO2. The Morgan fingerprint density at radius 1 is 1.12 bits per heavy atom. The number of carboxylic acids is 1. The zero-order chi connectivity index (χ0) is 12.9. The number of hydrogen-bond donors (Lipinski definition) is 1. The molecule has 1 aromatic rings. The Labute approximate surface area is 120 Å². The topological polar surface area (TPSA) is 37.3 Å². The third-order valence-corrected chi connectivity index (χ3v) is 4.17. The van der Waals surface area contributed by atoms with Crippen LogP contribution >= 0.6 is 0 Å². The first-order valence-electron chi connectivity index (χ1n) is 6.25. The number of carbonyl (C=O) groups is 1. The first-order valence-corrected chi connectivity index (χ1v) is 9.00. The Balaban J connectivity index is 0.000000318. The second kappa shape index (κ2) is 12.1. The van der Waals surface area contributed by atoms with Crippen molar-refractivity contribution in [3.05, 3.63) is 30.3 Å². The van der Waals surface area contributed by atoms with E-state index in [0.717, 1.165) is 39.0 Å². The van der Waals surface area contributed by atoms with Gasteiger partial charge in [0.1, 0.15) is 0 Å².